The number of nitrogen functional groups attached to an aromatic ring is 1. The van der Waals surface area contributed by atoms with Gasteiger partial charge in [-0.1, -0.05) is 24.0 Å². The van der Waals surface area contributed by atoms with Crippen molar-refractivity contribution in [3.63, 3.8) is 0 Å². The summed E-state index contributed by atoms with van der Waals surface area (Å²) in [5.41, 5.74) is 7.87. The van der Waals surface area contributed by atoms with Crippen LogP contribution in [0.2, 0.25) is 0 Å². The lowest BCUT2D eigenvalue weighted by atomic mass is 9.83. The van der Waals surface area contributed by atoms with Crippen LogP contribution in [-0.2, 0) is 16.1 Å². The van der Waals surface area contributed by atoms with Crippen LogP contribution in [0.3, 0.4) is 0 Å². The number of anilines is 1. The molecule has 1 aliphatic heterocycles. The molecule has 1 aliphatic carbocycles. The van der Waals surface area contributed by atoms with E-state index in [9.17, 15) is 4.79 Å². The molecule has 5 rings (SSSR count). The minimum atomic E-state index is -0.991. The molecule has 3 heterocycles. The molecule has 0 spiro atoms. The number of thiazole rings is 1. The number of methoxy groups -OCH3 is 1. The van der Waals surface area contributed by atoms with Gasteiger partial charge in [0.1, 0.15) is 6.61 Å². The molecule has 0 radical (unpaired) electrons. The summed E-state index contributed by atoms with van der Waals surface area (Å²) in [6, 6.07) is 9.75. The average molecular weight is 531 g/mol. The molecule has 1 unspecified atom stereocenters. The average Bonchev–Trinajstić information content (AvgIpc) is 3.43. The van der Waals surface area contributed by atoms with Crippen LogP contribution in [0.15, 0.2) is 42.7 Å². The van der Waals surface area contributed by atoms with Crippen molar-refractivity contribution in [3.05, 3.63) is 58.9 Å². The van der Waals surface area contributed by atoms with Gasteiger partial charge in [0.2, 0.25) is 0 Å². The quantitative estimate of drug-likeness (QED) is 0.446. The number of pyridine rings is 1. The first-order valence-electron chi connectivity index (χ1n) is 13.2. The monoisotopic (exact) mass is 530 g/mol. The van der Waals surface area contributed by atoms with Gasteiger partial charge in [0, 0.05) is 43.0 Å². The van der Waals surface area contributed by atoms with E-state index in [0.29, 0.717) is 36.9 Å². The number of likely N-dealkylation sites (tertiary alicyclic amines) is 1. The lowest BCUT2D eigenvalue weighted by molar-refractivity contribution is -0.137. The lowest BCUT2D eigenvalue weighted by Gasteiger charge is -2.29. The van der Waals surface area contributed by atoms with Crippen LogP contribution in [-0.4, -0.2) is 53.5 Å². The minimum Gasteiger partial charge on any atom is -0.485 e. The fraction of sp³-hybridized carbons (Fsp3) is 0.433. The molecule has 1 saturated carbocycles. The van der Waals surface area contributed by atoms with Gasteiger partial charge in [-0.2, -0.15) is 0 Å². The lowest BCUT2D eigenvalue weighted by Crippen LogP contribution is -2.41. The number of piperidine rings is 1. The summed E-state index contributed by atoms with van der Waals surface area (Å²) >= 11 is 1.73. The Hall–Kier alpha value is -3.25. The van der Waals surface area contributed by atoms with E-state index >= 15 is 0 Å². The number of Topliss-reactive ketones (excluding diaryl/α,β-unsaturated/α-hetero) is 1. The second kappa shape index (κ2) is 11.6. The standard InChI is InChI=1S/C30H34N4O3S/c1-34-14-10-23(11-15-34)29-33-19-26(38-29)24-17-25(28(31)32-18-24)37-20-22-7-5-6-21(16-22)9-13-30(36-2)12-4-3-8-27(30)35/h5-7,16-19,23H,3-4,8,10-12,14-15,20H2,1-2H3,(H2,31,32). The van der Waals surface area contributed by atoms with Gasteiger partial charge in [0.25, 0.3) is 0 Å². The maximum Gasteiger partial charge on any atom is 0.186 e. The highest BCUT2D eigenvalue weighted by atomic mass is 32.1. The second-order valence-corrected chi connectivity index (χ2v) is 11.2. The van der Waals surface area contributed by atoms with Gasteiger partial charge in [0.15, 0.2) is 23.0 Å². The number of carbonyl (C=O) groups excluding carboxylic acids is 1. The summed E-state index contributed by atoms with van der Waals surface area (Å²) in [6.45, 7) is 2.54. The van der Waals surface area contributed by atoms with Gasteiger partial charge in [-0.15, -0.1) is 11.3 Å². The van der Waals surface area contributed by atoms with Crippen molar-refractivity contribution in [1.82, 2.24) is 14.9 Å². The predicted octanol–water partition coefficient (Wildman–Crippen LogP) is 5.06. The van der Waals surface area contributed by atoms with E-state index in [4.69, 9.17) is 20.2 Å². The highest BCUT2D eigenvalue weighted by molar-refractivity contribution is 7.15. The molecule has 1 saturated heterocycles. The fourth-order valence-electron chi connectivity index (χ4n) is 5.04. The van der Waals surface area contributed by atoms with Crippen molar-refractivity contribution in [3.8, 4) is 28.0 Å². The van der Waals surface area contributed by atoms with Gasteiger partial charge in [-0.3, -0.25) is 4.79 Å². The zero-order valence-corrected chi connectivity index (χ0v) is 22.9. The van der Waals surface area contributed by atoms with E-state index in [1.807, 2.05) is 36.5 Å². The third kappa shape index (κ3) is 5.91. The first kappa shape index (κ1) is 26.4. The van der Waals surface area contributed by atoms with E-state index in [0.717, 1.165) is 60.3 Å². The molecule has 198 valence electrons. The molecular formula is C30H34N4O3S. The number of hydrogen-bond acceptors (Lipinski definition) is 8. The van der Waals surface area contributed by atoms with Crippen LogP contribution in [0.4, 0.5) is 5.82 Å². The molecule has 3 aromatic rings. The van der Waals surface area contributed by atoms with Gasteiger partial charge in [-0.25, -0.2) is 9.97 Å². The number of rotatable bonds is 6. The molecule has 2 N–H and O–H groups in total. The smallest absolute Gasteiger partial charge is 0.186 e. The SMILES string of the molecule is COC1(C#Cc2cccc(COc3cc(-c4cnc(C5CCN(C)CC5)s4)cnc3N)c2)CCCCC1=O. The Kier molecular flexibility index (Phi) is 8.08. The topological polar surface area (TPSA) is 90.6 Å². The Morgan fingerprint density at radius 3 is 2.82 bits per heavy atom. The highest BCUT2D eigenvalue weighted by Gasteiger charge is 2.38. The van der Waals surface area contributed by atoms with Crippen LogP contribution >= 0.6 is 11.3 Å². The van der Waals surface area contributed by atoms with E-state index in [1.54, 1.807) is 24.6 Å². The normalized spacial score (nSPS) is 20.6. The van der Waals surface area contributed by atoms with Crippen LogP contribution < -0.4 is 10.5 Å². The van der Waals surface area contributed by atoms with Crippen molar-refractivity contribution >= 4 is 22.9 Å². The van der Waals surface area contributed by atoms with Crippen molar-refractivity contribution < 1.29 is 14.3 Å². The van der Waals surface area contributed by atoms with Gasteiger partial charge in [0.05, 0.1) is 9.88 Å². The number of hydrogen-bond donors (Lipinski definition) is 1. The largest absolute Gasteiger partial charge is 0.485 e. The van der Waals surface area contributed by atoms with E-state index in [1.165, 1.54) is 5.01 Å². The third-order valence-electron chi connectivity index (χ3n) is 7.47. The van der Waals surface area contributed by atoms with Crippen molar-refractivity contribution in [2.45, 2.75) is 56.7 Å². The zero-order valence-electron chi connectivity index (χ0n) is 22.0. The van der Waals surface area contributed by atoms with Gasteiger partial charge < -0.3 is 20.1 Å². The predicted molar refractivity (Wildman–Crippen MR) is 150 cm³/mol. The van der Waals surface area contributed by atoms with Crippen LogP contribution in [0, 0.1) is 11.8 Å². The third-order valence-corrected chi connectivity index (χ3v) is 8.68. The number of ether oxygens (including phenoxy) is 2. The first-order valence-corrected chi connectivity index (χ1v) is 14.0. The summed E-state index contributed by atoms with van der Waals surface area (Å²) in [4.78, 5) is 25.0. The van der Waals surface area contributed by atoms with Crippen molar-refractivity contribution in [2.75, 3.05) is 33.0 Å². The Bertz CT molecular complexity index is 1350. The van der Waals surface area contributed by atoms with E-state index in [-0.39, 0.29) is 5.78 Å². The molecule has 0 bridgehead atoms. The van der Waals surface area contributed by atoms with Crippen molar-refractivity contribution in [2.24, 2.45) is 0 Å². The Morgan fingerprint density at radius 2 is 2.03 bits per heavy atom. The van der Waals surface area contributed by atoms with Gasteiger partial charge in [-0.05, 0) is 76.0 Å². The highest BCUT2D eigenvalue weighted by Crippen LogP contribution is 2.36. The number of aromatic nitrogens is 2. The number of carbonyl (C=O) groups is 1. The van der Waals surface area contributed by atoms with Gasteiger partial charge >= 0.3 is 0 Å². The van der Waals surface area contributed by atoms with Crippen LogP contribution in [0.25, 0.3) is 10.4 Å². The Labute approximate surface area is 228 Å². The molecule has 0 amide bonds. The molecule has 2 fully saturated rings. The molecule has 1 aromatic carbocycles. The van der Waals surface area contributed by atoms with Crippen LogP contribution in [0.5, 0.6) is 5.75 Å². The summed E-state index contributed by atoms with van der Waals surface area (Å²) in [6.07, 6.45) is 9.00. The second-order valence-electron chi connectivity index (χ2n) is 10.1. The number of ketones is 1. The zero-order chi connectivity index (χ0) is 26.5. The number of nitrogens with two attached hydrogens (primary N) is 1. The molecule has 1 atom stereocenters. The van der Waals surface area contributed by atoms with Crippen molar-refractivity contribution in [1.29, 1.82) is 0 Å². The van der Waals surface area contributed by atoms with Crippen LogP contribution in [0.1, 0.15) is 60.6 Å². The number of benzene rings is 1. The maximum absolute atomic E-state index is 12.5. The minimum absolute atomic E-state index is 0.0699. The van der Waals surface area contributed by atoms with E-state index < -0.39 is 5.60 Å². The molecule has 7 nitrogen and oxygen atoms in total. The summed E-state index contributed by atoms with van der Waals surface area (Å²) in [5.74, 6) is 7.75. The first-order chi connectivity index (χ1) is 18.5. The molecule has 2 aliphatic rings. The Morgan fingerprint density at radius 1 is 1.18 bits per heavy atom. The Balaban J connectivity index is 1.27. The molecular weight excluding hydrogens is 496 g/mol. The summed E-state index contributed by atoms with van der Waals surface area (Å²) in [5, 5.41) is 1.19. The summed E-state index contributed by atoms with van der Waals surface area (Å²) in [7, 11) is 3.74. The molecule has 8 heteroatoms. The molecule has 38 heavy (non-hydrogen) atoms. The summed E-state index contributed by atoms with van der Waals surface area (Å²) < 4.78 is 11.7. The molecule has 2 aromatic heterocycles. The fourth-order valence-corrected chi connectivity index (χ4v) is 6.11. The number of nitrogens with zero attached hydrogens (tertiary/aromatic N) is 3. The maximum atomic E-state index is 12.5. The van der Waals surface area contributed by atoms with E-state index in [2.05, 4.69) is 28.8 Å².